The van der Waals surface area contributed by atoms with Gasteiger partial charge in [0, 0.05) is 6.42 Å². The average Bonchev–Trinajstić information content (AvgIpc) is 2.37. The van der Waals surface area contributed by atoms with E-state index < -0.39 is 0 Å². The number of nitrogens with one attached hydrogen (secondary N) is 1. The van der Waals surface area contributed by atoms with Crippen LogP contribution in [0.5, 0.6) is 0 Å². The Morgan fingerprint density at radius 1 is 1.24 bits per heavy atom. The van der Waals surface area contributed by atoms with Crippen molar-refractivity contribution in [3.05, 3.63) is 35.9 Å². The van der Waals surface area contributed by atoms with Crippen LogP contribution in [0.3, 0.4) is 0 Å². The molecule has 0 bridgehead atoms. The lowest BCUT2D eigenvalue weighted by atomic mass is 10.1. The minimum absolute atomic E-state index is 0.00580. The van der Waals surface area contributed by atoms with E-state index in [9.17, 15) is 4.79 Å². The predicted molar refractivity (Wildman–Crippen MR) is 70.9 cm³/mol. The fourth-order valence-electron chi connectivity index (χ4n) is 1.48. The number of benzene rings is 1. The molecule has 0 spiro atoms. The second kappa shape index (κ2) is 7.60. The molecular weight excluding hydrogens is 212 g/mol. The second-order valence-corrected chi connectivity index (χ2v) is 4.06. The van der Waals surface area contributed by atoms with E-state index in [0.29, 0.717) is 6.42 Å². The van der Waals surface area contributed by atoms with Gasteiger partial charge in [0.2, 0.25) is 5.91 Å². The van der Waals surface area contributed by atoms with Crippen molar-refractivity contribution in [3.8, 4) is 0 Å². The highest BCUT2D eigenvalue weighted by Gasteiger charge is 2.00. The summed E-state index contributed by atoms with van der Waals surface area (Å²) in [6.07, 6.45) is 3.70. The summed E-state index contributed by atoms with van der Waals surface area (Å²) < 4.78 is 0. The molecule has 0 unspecified atom stereocenters. The lowest BCUT2D eigenvalue weighted by Gasteiger charge is -2.02. The molecule has 0 atom stereocenters. The average molecular weight is 232 g/mol. The summed E-state index contributed by atoms with van der Waals surface area (Å²) in [4.78, 5) is 11.4. The van der Waals surface area contributed by atoms with Crippen molar-refractivity contribution in [2.45, 2.75) is 39.5 Å². The SMILES string of the molecule is CCCCCC(=O)N/N=C(\C)c1ccccc1. The van der Waals surface area contributed by atoms with Gasteiger partial charge in [-0.2, -0.15) is 5.10 Å². The maximum atomic E-state index is 11.4. The largest absolute Gasteiger partial charge is 0.273 e. The first-order valence-electron chi connectivity index (χ1n) is 6.12. The highest BCUT2D eigenvalue weighted by atomic mass is 16.2. The Kier molecular flexibility index (Phi) is 6.00. The van der Waals surface area contributed by atoms with Gasteiger partial charge in [-0.15, -0.1) is 0 Å². The molecular formula is C14H20N2O. The van der Waals surface area contributed by atoms with Crippen molar-refractivity contribution >= 4 is 11.6 Å². The van der Waals surface area contributed by atoms with E-state index in [-0.39, 0.29) is 5.91 Å². The van der Waals surface area contributed by atoms with Crippen LogP contribution in [0.4, 0.5) is 0 Å². The third-order valence-electron chi connectivity index (χ3n) is 2.55. The quantitative estimate of drug-likeness (QED) is 0.457. The minimum Gasteiger partial charge on any atom is -0.273 e. The number of nitrogens with zero attached hydrogens (tertiary/aromatic N) is 1. The second-order valence-electron chi connectivity index (χ2n) is 4.06. The van der Waals surface area contributed by atoms with Crippen molar-refractivity contribution in [2.24, 2.45) is 5.10 Å². The van der Waals surface area contributed by atoms with Crippen molar-refractivity contribution in [1.82, 2.24) is 5.43 Å². The first-order valence-corrected chi connectivity index (χ1v) is 6.12. The van der Waals surface area contributed by atoms with Crippen LogP contribution in [-0.2, 0) is 4.79 Å². The Morgan fingerprint density at radius 2 is 1.94 bits per heavy atom. The molecule has 1 N–H and O–H groups in total. The molecule has 0 saturated carbocycles. The first kappa shape index (κ1) is 13.4. The van der Waals surface area contributed by atoms with Gasteiger partial charge in [0.15, 0.2) is 0 Å². The fourth-order valence-corrected chi connectivity index (χ4v) is 1.48. The standard InChI is InChI=1S/C14H20N2O/c1-3-4-6-11-14(17)16-15-12(2)13-9-7-5-8-10-13/h5,7-10H,3-4,6,11H2,1-2H3,(H,16,17)/b15-12+. The van der Waals surface area contributed by atoms with Crippen LogP contribution in [0.2, 0.25) is 0 Å². The molecule has 1 aromatic rings. The van der Waals surface area contributed by atoms with Gasteiger partial charge in [0.1, 0.15) is 0 Å². The molecule has 0 saturated heterocycles. The van der Waals surface area contributed by atoms with Crippen molar-refractivity contribution in [3.63, 3.8) is 0 Å². The highest BCUT2D eigenvalue weighted by molar-refractivity contribution is 5.99. The smallest absolute Gasteiger partial charge is 0.240 e. The predicted octanol–water partition coefficient (Wildman–Crippen LogP) is 3.11. The van der Waals surface area contributed by atoms with Crippen LogP contribution in [0.1, 0.15) is 45.1 Å². The Morgan fingerprint density at radius 3 is 2.59 bits per heavy atom. The molecule has 0 aromatic heterocycles. The van der Waals surface area contributed by atoms with Crippen LogP contribution >= 0.6 is 0 Å². The van der Waals surface area contributed by atoms with Crippen molar-refractivity contribution < 1.29 is 4.79 Å². The van der Waals surface area contributed by atoms with Crippen LogP contribution in [0.25, 0.3) is 0 Å². The molecule has 0 aliphatic carbocycles. The zero-order valence-electron chi connectivity index (χ0n) is 10.6. The Hall–Kier alpha value is -1.64. The van der Waals surface area contributed by atoms with E-state index >= 15 is 0 Å². The molecule has 92 valence electrons. The van der Waals surface area contributed by atoms with Gasteiger partial charge in [-0.25, -0.2) is 5.43 Å². The molecule has 3 heteroatoms. The van der Waals surface area contributed by atoms with E-state index in [2.05, 4.69) is 17.5 Å². The normalized spacial score (nSPS) is 11.3. The summed E-state index contributed by atoms with van der Waals surface area (Å²) in [5.41, 5.74) is 4.45. The number of hydrazone groups is 1. The van der Waals surface area contributed by atoms with E-state index in [4.69, 9.17) is 0 Å². The van der Waals surface area contributed by atoms with E-state index in [1.54, 1.807) is 0 Å². The van der Waals surface area contributed by atoms with Gasteiger partial charge in [-0.05, 0) is 18.9 Å². The number of unbranched alkanes of at least 4 members (excludes halogenated alkanes) is 2. The van der Waals surface area contributed by atoms with Gasteiger partial charge >= 0.3 is 0 Å². The molecule has 0 heterocycles. The monoisotopic (exact) mass is 232 g/mol. The van der Waals surface area contributed by atoms with E-state index in [1.807, 2.05) is 37.3 Å². The molecule has 0 radical (unpaired) electrons. The van der Waals surface area contributed by atoms with Gasteiger partial charge in [0.05, 0.1) is 5.71 Å². The zero-order chi connectivity index (χ0) is 12.5. The molecule has 0 aliphatic rings. The van der Waals surface area contributed by atoms with Gasteiger partial charge in [-0.1, -0.05) is 50.1 Å². The molecule has 17 heavy (non-hydrogen) atoms. The number of hydrogen-bond donors (Lipinski definition) is 1. The highest BCUT2D eigenvalue weighted by Crippen LogP contribution is 2.01. The lowest BCUT2D eigenvalue weighted by Crippen LogP contribution is -2.18. The van der Waals surface area contributed by atoms with Crippen LogP contribution < -0.4 is 5.43 Å². The maximum absolute atomic E-state index is 11.4. The number of hydrogen-bond acceptors (Lipinski definition) is 2. The number of carbonyl (C=O) groups excluding carboxylic acids is 1. The summed E-state index contributed by atoms with van der Waals surface area (Å²) >= 11 is 0. The summed E-state index contributed by atoms with van der Waals surface area (Å²) in [6.45, 7) is 4.01. The third-order valence-corrected chi connectivity index (χ3v) is 2.55. The van der Waals surface area contributed by atoms with Crippen LogP contribution in [-0.4, -0.2) is 11.6 Å². The minimum atomic E-state index is -0.00580. The van der Waals surface area contributed by atoms with Gasteiger partial charge in [-0.3, -0.25) is 4.79 Å². The fraction of sp³-hybridized carbons (Fsp3) is 0.429. The Balaban J connectivity index is 2.40. The molecule has 3 nitrogen and oxygen atoms in total. The van der Waals surface area contributed by atoms with Crippen molar-refractivity contribution in [2.75, 3.05) is 0 Å². The topological polar surface area (TPSA) is 41.5 Å². The van der Waals surface area contributed by atoms with Crippen LogP contribution in [0, 0.1) is 0 Å². The van der Waals surface area contributed by atoms with Gasteiger partial charge in [0.25, 0.3) is 0 Å². The number of amides is 1. The van der Waals surface area contributed by atoms with E-state index in [0.717, 1.165) is 30.5 Å². The summed E-state index contributed by atoms with van der Waals surface area (Å²) in [6, 6.07) is 9.82. The Labute approximate surface area is 103 Å². The third kappa shape index (κ3) is 5.29. The summed E-state index contributed by atoms with van der Waals surface area (Å²) in [5, 5.41) is 4.09. The summed E-state index contributed by atoms with van der Waals surface area (Å²) in [7, 11) is 0. The Bertz CT molecular complexity index is 371. The molecule has 0 aliphatic heterocycles. The number of rotatable bonds is 6. The molecule has 1 aromatic carbocycles. The lowest BCUT2D eigenvalue weighted by molar-refractivity contribution is -0.121. The van der Waals surface area contributed by atoms with Crippen LogP contribution in [0.15, 0.2) is 35.4 Å². The van der Waals surface area contributed by atoms with E-state index in [1.165, 1.54) is 0 Å². The molecule has 1 rings (SSSR count). The first-order chi connectivity index (χ1) is 8.24. The maximum Gasteiger partial charge on any atom is 0.240 e. The zero-order valence-corrected chi connectivity index (χ0v) is 10.6. The summed E-state index contributed by atoms with van der Waals surface area (Å²) in [5.74, 6) is -0.00580. The van der Waals surface area contributed by atoms with Gasteiger partial charge < -0.3 is 0 Å². The molecule has 1 amide bonds. The molecule has 0 fully saturated rings. The van der Waals surface area contributed by atoms with Crippen molar-refractivity contribution in [1.29, 1.82) is 0 Å². The number of carbonyl (C=O) groups is 1.